The molecule has 2 aromatic carbocycles. The lowest BCUT2D eigenvalue weighted by molar-refractivity contribution is -0.135. The summed E-state index contributed by atoms with van der Waals surface area (Å²) in [4.78, 5) is 30.9. The van der Waals surface area contributed by atoms with Gasteiger partial charge in [0.05, 0.1) is 6.04 Å². The van der Waals surface area contributed by atoms with Gasteiger partial charge < -0.3 is 14.5 Å². The Labute approximate surface area is 196 Å². The molecule has 1 aliphatic rings. The van der Waals surface area contributed by atoms with Crippen molar-refractivity contribution in [2.75, 3.05) is 26.2 Å². The summed E-state index contributed by atoms with van der Waals surface area (Å²) in [6, 6.07) is 16.5. The molecule has 0 radical (unpaired) electrons. The molecule has 0 bridgehead atoms. The lowest BCUT2D eigenvalue weighted by Crippen LogP contribution is -2.47. The predicted octanol–water partition coefficient (Wildman–Crippen LogP) is 4.72. The predicted molar refractivity (Wildman–Crippen MR) is 127 cm³/mol. The van der Waals surface area contributed by atoms with Crippen molar-refractivity contribution >= 4 is 23.2 Å². The summed E-state index contributed by atoms with van der Waals surface area (Å²) in [6.07, 6.45) is 2.39. The van der Waals surface area contributed by atoms with Crippen LogP contribution in [0.5, 0.6) is 5.75 Å². The average Bonchev–Trinajstić information content (AvgIpc) is 3.32. The summed E-state index contributed by atoms with van der Waals surface area (Å²) < 4.78 is 19.2. The Morgan fingerprint density at radius 2 is 1.91 bits per heavy atom. The molecule has 1 unspecified atom stereocenters. The van der Waals surface area contributed by atoms with Gasteiger partial charge in [-0.2, -0.15) is 0 Å². The summed E-state index contributed by atoms with van der Waals surface area (Å²) in [5, 5.41) is 2.02. The summed E-state index contributed by atoms with van der Waals surface area (Å²) in [5.74, 6) is -0.150. The quantitative estimate of drug-likeness (QED) is 0.453. The zero-order valence-corrected chi connectivity index (χ0v) is 19.0. The number of ether oxygens (including phenoxy) is 1. The first kappa shape index (κ1) is 22.7. The van der Waals surface area contributed by atoms with E-state index in [-0.39, 0.29) is 43.4 Å². The van der Waals surface area contributed by atoms with Crippen molar-refractivity contribution in [2.24, 2.45) is 0 Å². The summed E-state index contributed by atoms with van der Waals surface area (Å²) >= 11 is 1.67. The van der Waals surface area contributed by atoms with Crippen LogP contribution in [0.1, 0.15) is 26.8 Å². The first-order chi connectivity index (χ1) is 16.1. The topological polar surface area (TPSA) is 49.9 Å². The van der Waals surface area contributed by atoms with Crippen molar-refractivity contribution in [3.63, 3.8) is 0 Å². The van der Waals surface area contributed by atoms with Crippen LogP contribution in [0.15, 0.2) is 78.7 Å². The Morgan fingerprint density at radius 3 is 2.64 bits per heavy atom. The second-order valence-electron chi connectivity index (χ2n) is 7.76. The molecule has 2 heterocycles. The maximum atomic E-state index is 13.4. The molecule has 170 valence electrons. The first-order valence-corrected chi connectivity index (χ1v) is 11.6. The fraction of sp³-hybridized carbons (Fsp3) is 0.231. The molecular formula is C26H25FN2O3S. The molecule has 4 rings (SSSR count). The molecule has 0 saturated carbocycles. The fourth-order valence-electron chi connectivity index (χ4n) is 3.97. The number of amides is 2. The normalized spacial score (nSPS) is 14.9. The maximum Gasteiger partial charge on any atom is 0.254 e. The van der Waals surface area contributed by atoms with Gasteiger partial charge in [0, 0.05) is 23.5 Å². The summed E-state index contributed by atoms with van der Waals surface area (Å²) in [7, 11) is 0. The number of carbonyl (C=O) groups is 2. The van der Waals surface area contributed by atoms with Crippen LogP contribution >= 0.6 is 11.3 Å². The molecule has 1 aliphatic heterocycles. The number of rotatable bonds is 8. The summed E-state index contributed by atoms with van der Waals surface area (Å²) in [6.45, 7) is 4.75. The fourth-order valence-corrected chi connectivity index (χ4v) is 4.90. The Kier molecular flexibility index (Phi) is 7.19. The molecule has 2 amide bonds. The van der Waals surface area contributed by atoms with Crippen LogP contribution in [0.3, 0.4) is 0 Å². The van der Waals surface area contributed by atoms with E-state index < -0.39 is 0 Å². The van der Waals surface area contributed by atoms with Gasteiger partial charge in [0.2, 0.25) is 5.91 Å². The molecule has 1 aromatic heterocycles. The van der Waals surface area contributed by atoms with Crippen LogP contribution in [0.2, 0.25) is 0 Å². The van der Waals surface area contributed by atoms with Gasteiger partial charge in [0.25, 0.3) is 5.91 Å². The third-order valence-electron chi connectivity index (χ3n) is 5.62. The van der Waals surface area contributed by atoms with Gasteiger partial charge in [0.1, 0.15) is 24.7 Å². The molecule has 0 saturated heterocycles. The number of thiophene rings is 1. The van der Waals surface area contributed by atoms with E-state index in [1.807, 2.05) is 17.5 Å². The van der Waals surface area contributed by atoms with Crippen LogP contribution in [-0.4, -0.2) is 47.9 Å². The van der Waals surface area contributed by atoms with Crippen LogP contribution in [0.4, 0.5) is 4.39 Å². The smallest absolute Gasteiger partial charge is 0.254 e. The molecule has 0 aliphatic carbocycles. The molecule has 7 heteroatoms. The Hall–Kier alpha value is -3.45. The highest BCUT2D eigenvalue weighted by molar-refractivity contribution is 7.10. The van der Waals surface area contributed by atoms with Gasteiger partial charge in [-0.25, -0.2) is 4.39 Å². The van der Waals surface area contributed by atoms with E-state index in [1.54, 1.807) is 58.7 Å². The van der Waals surface area contributed by atoms with E-state index >= 15 is 0 Å². The van der Waals surface area contributed by atoms with Crippen LogP contribution < -0.4 is 4.74 Å². The van der Waals surface area contributed by atoms with E-state index in [4.69, 9.17) is 4.74 Å². The van der Waals surface area contributed by atoms with Crippen molar-refractivity contribution < 1.29 is 18.7 Å². The second kappa shape index (κ2) is 10.4. The average molecular weight is 465 g/mol. The Balaban J connectivity index is 1.51. The van der Waals surface area contributed by atoms with Crippen LogP contribution in [0.25, 0.3) is 0 Å². The molecule has 0 fully saturated rings. The van der Waals surface area contributed by atoms with Gasteiger partial charge >= 0.3 is 0 Å². The third kappa shape index (κ3) is 5.31. The van der Waals surface area contributed by atoms with Crippen molar-refractivity contribution in [2.45, 2.75) is 12.5 Å². The zero-order valence-electron chi connectivity index (χ0n) is 18.2. The minimum Gasteiger partial charge on any atom is -0.491 e. The Bertz CT molecular complexity index is 1110. The minimum atomic E-state index is -0.331. The molecule has 0 N–H and O–H groups in total. The lowest BCUT2D eigenvalue weighted by Gasteiger charge is -2.37. The number of hydrogen-bond donors (Lipinski definition) is 0. The monoisotopic (exact) mass is 464 g/mol. The van der Waals surface area contributed by atoms with Crippen molar-refractivity contribution in [3.8, 4) is 5.75 Å². The third-order valence-corrected chi connectivity index (χ3v) is 6.62. The number of halogens is 1. The van der Waals surface area contributed by atoms with E-state index in [9.17, 15) is 14.0 Å². The summed E-state index contributed by atoms with van der Waals surface area (Å²) in [5.41, 5.74) is 1.59. The molecular weight excluding hydrogens is 439 g/mol. The van der Waals surface area contributed by atoms with Gasteiger partial charge in [-0.1, -0.05) is 24.3 Å². The van der Waals surface area contributed by atoms with Gasteiger partial charge in [-0.3, -0.25) is 9.59 Å². The molecule has 0 spiro atoms. The molecule has 3 aromatic rings. The van der Waals surface area contributed by atoms with E-state index in [0.29, 0.717) is 17.9 Å². The number of nitrogens with zero attached hydrogens (tertiary/aromatic N) is 2. The first-order valence-electron chi connectivity index (χ1n) is 10.8. The number of hydrogen-bond acceptors (Lipinski definition) is 4. The number of carbonyl (C=O) groups excluding carboxylic acids is 2. The molecule has 1 atom stereocenters. The van der Waals surface area contributed by atoms with Crippen molar-refractivity contribution in [1.82, 2.24) is 9.80 Å². The van der Waals surface area contributed by atoms with E-state index in [1.165, 1.54) is 21.9 Å². The highest BCUT2D eigenvalue weighted by Crippen LogP contribution is 2.34. The van der Waals surface area contributed by atoms with Gasteiger partial charge in [0.15, 0.2) is 0 Å². The van der Waals surface area contributed by atoms with Crippen LogP contribution in [0, 0.1) is 5.82 Å². The maximum absolute atomic E-state index is 13.4. The highest BCUT2D eigenvalue weighted by Gasteiger charge is 2.33. The minimum absolute atomic E-state index is 0.0493. The van der Waals surface area contributed by atoms with Gasteiger partial charge in [-0.05, 0) is 59.8 Å². The number of benzene rings is 2. The second-order valence-corrected chi connectivity index (χ2v) is 8.76. The lowest BCUT2D eigenvalue weighted by atomic mass is 10.0. The van der Waals surface area contributed by atoms with Crippen molar-refractivity contribution in [3.05, 3.63) is 101 Å². The Morgan fingerprint density at radius 1 is 1.15 bits per heavy atom. The van der Waals surface area contributed by atoms with Crippen molar-refractivity contribution in [1.29, 1.82) is 0 Å². The molecule has 33 heavy (non-hydrogen) atoms. The standard InChI is InChI=1S/C26H25FN2O3S/c1-2-14-28(26(31)19-6-4-3-5-7-19)17-25(30)29-15-12-24-22(13-16-33-24)23(29)18-32-21-10-8-20(27)9-11-21/h2-11,13,16,23H,1,12,14-15,17-18H2. The van der Waals surface area contributed by atoms with Gasteiger partial charge in [-0.15, -0.1) is 17.9 Å². The van der Waals surface area contributed by atoms with E-state index in [2.05, 4.69) is 6.58 Å². The van der Waals surface area contributed by atoms with Crippen LogP contribution in [-0.2, 0) is 11.2 Å². The zero-order chi connectivity index (χ0) is 23.2. The largest absolute Gasteiger partial charge is 0.491 e. The highest BCUT2D eigenvalue weighted by atomic mass is 32.1. The van der Waals surface area contributed by atoms with E-state index in [0.717, 1.165) is 12.0 Å². The molecule has 5 nitrogen and oxygen atoms in total. The number of fused-ring (bicyclic) bond motifs is 1. The SMILES string of the molecule is C=CCN(CC(=O)N1CCc2sccc2C1COc1ccc(F)cc1)C(=O)c1ccccc1.